The van der Waals surface area contributed by atoms with Crippen LogP contribution in [-0.4, -0.2) is 18.2 Å². The molecule has 0 aromatic carbocycles. The fraction of sp³-hybridized carbons (Fsp3) is 0.842. The molecule has 0 unspecified atom stereocenters. The van der Waals surface area contributed by atoms with Gasteiger partial charge in [0.05, 0.1) is 7.11 Å². The second-order valence-corrected chi connectivity index (χ2v) is 6.51. The summed E-state index contributed by atoms with van der Waals surface area (Å²) in [7, 11) is 1.65. The van der Waals surface area contributed by atoms with Crippen LogP contribution in [-0.2, 0) is 14.3 Å². The van der Waals surface area contributed by atoms with Crippen molar-refractivity contribution < 1.29 is 19.4 Å². The van der Waals surface area contributed by atoms with E-state index in [2.05, 4.69) is 0 Å². The molecule has 0 fully saturated rings. The minimum atomic E-state index is -0.664. The number of hydrogen-bond donors (Lipinski definition) is 1. The van der Waals surface area contributed by atoms with Crippen LogP contribution in [0.4, 0.5) is 0 Å². The van der Waals surface area contributed by atoms with Gasteiger partial charge in [-0.05, 0) is 12.8 Å². The fourth-order valence-electron chi connectivity index (χ4n) is 2.90. The number of carboxylic acids is 1. The van der Waals surface area contributed by atoms with Gasteiger partial charge >= 0.3 is 11.9 Å². The van der Waals surface area contributed by atoms with Crippen molar-refractivity contribution in [3.63, 3.8) is 0 Å². The molecule has 0 amide bonds. The van der Waals surface area contributed by atoms with Crippen molar-refractivity contribution in [2.24, 2.45) is 0 Å². The molecule has 0 saturated carbocycles. The lowest BCUT2D eigenvalue weighted by Crippen LogP contribution is -1.93. The van der Waals surface area contributed by atoms with Gasteiger partial charge in [-0.25, -0.2) is 0 Å². The minimum Gasteiger partial charge on any atom is -0.481 e. The first-order chi connectivity index (χ1) is 11.2. The standard InChI is InChI=1S/C19H34O4/c1-22-19-17(23-19)15-13-11-9-7-5-3-2-4-6-8-10-12-14-16-18(20)21/h2-16H2,1H3,(H,20,21). The Balaban J connectivity index is 1.67. The monoisotopic (exact) mass is 326 g/mol. The second-order valence-electron chi connectivity index (χ2n) is 6.51. The molecule has 0 radical (unpaired) electrons. The van der Waals surface area contributed by atoms with Crippen LogP contribution in [0, 0.1) is 0 Å². The van der Waals surface area contributed by atoms with E-state index < -0.39 is 5.97 Å². The van der Waals surface area contributed by atoms with Crippen LogP contribution in [0.2, 0.25) is 0 Å². The maximum Gasteiger partial charge on any atom is 0.324 e. The van der Waals surface area contributed by atoms with Crippen LogP contribution in [0.3, 0.4) is 0 Å². The Hall–Kier alpha value is -1.19. The van der Waals surface area contributed by atoms with Crippen LogP contribution in [0.25, 0.3) is 0 Å². The third-order valence-electron chi connectivity index (χ3n) is 4.38. The lowest BCUT2D eigenvalue weighted by Gasteiger charge is -2.02. The van der Waals surface area contributed by atoms with Crippen molar-refractivity contribution in [1.29, 1.82) is 0 Å². The Kier molecular flexibility index (Phi) is 11.5. The number of methoxy groups -OCH3 is 1. The van der Waals surface area contributed by atoms with Crippen LogP contribution in [0.15, 0.2) is 11.7 Å². The van der Waals surface area contributed by atoms with E-state index in [1.807, 2.05) is 0 Å². The Labute approximate surface area is 141 Å². The molecule has 0 saturated heterocycles. The average molecular weight is 326 g/mol. The summed E-state index contributed by atoms with van der Waals surface area (Å²) in [6, 6.07) is 0. The number of carbonyl (C=O) groups is 1. The molecule has 0 spiro atoms. The molecule has 23 heavy (non-hydrogen) atoms. The number of carboxylic acid groups (broad SMARTS) is 1. The van der Waals surface area contributed by atoms with Gasteiger partial charge in [0, 0.05) is 12.8 Å². The molecular weight excluding hydrogens is 292 g/mol. The highest BCUT2D eigenvalue weighted by Gasteiger charge is 2.25. The van der Waals surface area contributed by atoms with Gasteiger partial charge < -0.3 is 14.6 Å². The average Bonchev–Trinajstić information content (AvgIpc) is 3.29. The van der Waals surface area contributed by atoms with Gasteiger partial charge in [0.1, 0.15) is 0 Å². The van der Waals surface area contributed by atoms with E-state index in [0.717, 1.165) is 31.0 Å². The lowest BCUT2D eigenvalue weighted by atomic mass is 10.0. The molecule has 0 atom stereocenters. The minimum absolute atomic E-state index is 0.332. The summed E-state index contributed by atoms with van der Waals surface area (Å²) in [4.78, 5) is 10.4. The first-order valence-corrected chi connectivity index (χ1v) is 9.41. The molecule has 4 nitrogen and oxygen atoms in total. The predicted molar refractivity (Wildman–Crippen MR) is 92.0 cm³/mol. The normalized spacial score (nSPS) is 13.1. The van der Waals surface area contributed by atoms with Crippen molar-refractivity contribution in [2.45, 2.75) is 96.3 Å². The Morgan fingerprint density at radius 3 is 1.65 bits per heavy atom. The van der Waals surface area contributed by atoms with E-state index >= 15 is 0 Å². The molecule has 0 aromatic heterocycles. The number of unbranched alkanes of at least 4 members (excludes halogenated alkanes) is 12. The maximum absolute atomic E-state index is 10.4. The zero-order valence-corrected chi connectivity index (χ0v) is 14.8. The highest BCUT2D eigenvalue weighted by molar-refractivity contribution is 5.66. The number of rotatable bonds is 17. The number of hydrogen-bond acceptors (Lipinski definition) is 3. The zero-order valence-electron chi connectivity index (χ0n) is 14.8. The van der Waals surface area contributed by atoms with Gasteiger partial charge in [0.2, 0.25) is 0 Å². The van der Waals surface area contributed by atoms with Gasteiger partial charge in [0.25, 0.3) is 0 Å². The summed E-state index contributed by atoms with van der Waals surface area (Å²) < 4.78 is 10.2. The summed E-state index contributed by atoms with van der Waals surface area (Å²) in [6.07, 6.45) is 17.7. The highest BCUT2D eigenvalue weighted by atomic mass is 16.7. The summed E-state index contributed by atoms with van der Waals surface area (Å²) >= 11 is 0. The maximum atomic E-state index is 10.4. The van der Waals surface area contributed by atoms with E-state index in [0.29, 0.717) is 6.42 Å². The Morgan fingerprint density at radius 1 is 0.826 bits per heavy atom. The Bertz CT molecular complexity index is 349. The van der Waals surface area contributed by atoms with Crippen LogP contribution < -0.4 is 0 Å². The smallest absolute Gasteiger partial charge is 0.324 e. The molecule has 1 heterocycles. The zero-order chi connectivity index (χ0) is 16.8. The second kappa shape index (κ2) is 13.3. The molecule has 0 bridgehead atoms. The van der Waals surface area contributed by atoms with Crippen molar-refractivity contribution in [3.8, 4) is 0 Å². The van der Waals surface area contributed by atoms with Gasteiger partial charge in [-0.15, -0.1) is 0 Å². The molecule has 4 heteroatoms. The van der Waals surface area contributed by atoms with Gasteiger partial charge in [-0.3, -0.25) is 4.79 Å². The molecule has 0 aromatic rings. The summed E-state index contributed by atoms with van der Waals surface area (Å²) in [5, 5.41) is 8.54. The van der Waals surface area contributed by atoms with Gasteiger partial charge in [-0.2, -0.15) is 0 Å². The van der Waals surface area contributed by atoms with E-state index in [9.17, 15) is 4.79 Å². The SMILES string of the molecule is COC1=C(CCCCCCCCCCCCCCCC(=O)O)O1. The summed E-state index contributed by atoms with van der Waals surface area (Å²) in [5.74, 6) is 1.13. The fourth-order valence-corrected chi connectivity index (χ4v) is 2.90. The van der Waals surface area contributed by atoms with E-state index in [1.54, 1.807) is 7.11 Å². The van der Waals surface area contributed by atoms with E-state index in [4.69, 9.17) is 14.6 Å². The molecule has 1 N–H and O–H groups in total. The largest absolute Gasteiger partial charge is 0.481 e. The number of ether oxygens (including phenoxy) is 2. The van der Waals surface area contributed by atoms with Gasteiger partial charge in [-0.1, -0.05) is 70.6 Å². The number of allylic oxidation sites excluding steroid dienone is 1. The van der Waals surface area contributed by atoms with Crippen LogP contribution in [0.5, 0.6) is 0 Å². The predicted octanol–water partition coefficient (Wildman–Crippen LogP) is 5.77. The highest BCUT2D eigenvalue weighted by Crippen LogP contribution is 2.31. The molecule has 0 aliphatic carbocycles. The number of aliphatic carboxylic acids is 1. The topological polar surface area (TPSA) is 59.1 Å². The lowest BCUT2D eigenvalue weighted by molar-refractivity contribution is -0.137. The van der Waals surface area contributed by atoms with Crippen molar-refractivity contribution in [1.82, 2.24) is 0 Å². The van der Waals surface area contributed by atoms with Crippen molar-refractivity contribution in [3.05, 3.63) is 11.7 Å². The molecular formula is C19H34O4. The molecule has 134 valence electrons. The van der Waals surface area contributed by atoms with Crippen molar-refractivity contribution >= 4 is 5.97 Å². The van der Waals surface area contributed by atoms with Crippen molar-refractivity contribution in [2.75, 3.05) is 7.11 Å². The summed E-state index contributed by atoms with van der Waals surface area (Å²) in [5.41, 5.74) is 0. The van der Waals surface area contributed by atoms with Crippen LogP contribution >= 0.6 is 0 Å². The molecule has 1 rings (SSSR count). The summed E-state index contributed by atoms with van der Waals surface area (Å²) in [6.45, 7) is 0. The Morgan fingerprint density at radius 2 is 1.26 bits per heavy atom. The van der Waals surface area contributed by atoms with E-state index in [-0.39, 0.29) is 0 Å². The first kappa shape index (κ1) is 19.9. The quantitative estimate of drug-likeness (QED) is 0.345. The third-order valence-corrected chi connectivity index (χ3v) is 4.38. The molecule has 1 aliphatic rings. The van der Waals surface area contributed by atoms with Crippen LogP contribution in [0.1, 0.15) is 96.3 Å². The first-order valence-electron chi connectivity index (χ1n) is 9.41. The van der Waals surface area contributed by atoms with Gasteiger partial charge in [0.15, 0.2) is 5.76 Å². The van der Waals surface area contributed by atoms with E-state index in [1.165, 1.54) is 70.6 Å². The molecule has 1 aliphatic heterocycles. The third kappa shape index (κ3) is 12.0.